The van der Waals surface area contributed by atoms with E-state index in [4.69, 9.17) is 4.74 Å². The van der Waals surface area contributed by atoms with Crippen molar-refractivity contribution in [2.75, 3.05) is 13.2 Å². The average molecular weight is 270 g/mol. The first-order chi connectivity index (χ1) is 9.83. The Balaban J connectivity index is 1.61. The van der Waals surface area contributed by atoms with Crippen molar-refractivity contribution < 1.29 is 9.53 Å². The Morgan fingerprint density at radius 3 is 3.00 bits per heavy atom. The SMILES string of the molecule is O=C(C1CCCO1)N1CCn2c(cc3ccccc32)C1. The summed E-state index contributed by atoms with van der Waals surface area (Å²) < 4.78 is 7.84. The minimum atomic E-state index is -0.203. The predicted octanol–water partition coefficient (Wildman–Crippen LogP) is 2.16. The highest BCUT2D eigenvalue weighted by molar-refractivity contribution is 5.83. The first-order valence-corrected chi connectivity index (χ1v) is 7.30. The quantitative estimate of drug-likeness (QED) is 0.796. The normalized spacial score (nSPS) is 22.2. The summed E-state index contributed by atoms with van der Waals surface area (Å²) in [5.74, 6) is 0.166. The second-order valence-corrected chi connectivity index (χ2v) is 5.61. The highest BCUT2D eigenvalue weighted by atomic mass is 16.5. The molecule has 0 spiro atoms. The summed E-state index contributed by atoms with van der Waals surface area (Å²) in [5, 5.41) is 1.26. The van der Waals surface area contributed by atoms with Crippen LogP contribution in [0.15, 0.2) is 30.3 Å². The lowest BCUT2D eigenvalue weighted by atomic mass is 10.2. The van der Waals surface area contributed by atoms with Gasteiger partial charge in [-0.25, -0.2) is 0 Å². The lowest BCUT2D eigenvalue weighted by molar-refractivity contribution is -0.142. The monoisotopic (exact) mass is 270 g/mol. The molecule has 0 bridgehead atoms. The van der Waals surface area contributed by atoms with E-state index in [9.17, 15) is 4.79 Å². The van der Waals surface area contributed by atoms with Gasteiger partial charge in [0.1, 0.15) is 6.10 Å². The highest BCUT2D eigenvalue weighted by Crippen LogP contribution is 2.25. The third-order valence-electron chi connectivity index (χ3n) is 4.36. The number of hydrogen-bond donors (Lipinski definition) is 0. The first kappa shape index (κ1) is 12.0. The highest BCUT2D eigenvalue weighted by Gasteiger charge is 2.30. The van der Waals surface area contributed by atoms with Crippen LogP contribution in [-0.2, 0) is 22.6 Å². The van der Waals surface area contributed by atoms with Crippen LogP contribution in [0.5, 0.6) is 0 Å². The number of benzene rings is 1. The van der Waals surface area contributed by atoms with Gasteiger partial charge >= 0.3 is 0 Å². The molecule has 0 N–H and O–H groups in total. The van der Waals surface area contributed by atoms with Crippen molar-refractivity contribution in [3.05, 3.63) is 36.0 Å². The maximum atomic E-state index is 12.4. The molecule has 20 heavy (non-hydrogen) atoms. The minimum absolute atomic E-state index is 0.166. The fourth-order valence-corrected chi connectivity index (χ4v) is 3.32. The third kappa shape index (κ3) is 1.83. The van der Waals surface area contributed by atoms with E-state index < -0.39 is 0 Å². The molecule has 2 aliphatic heterocycles. The molecule has 0 radical (unpaired) electrons. The van der Waals surface area contributed by atoms with E-state index in [1.807, 2.05) is 4.90 Å². The number of rotatable bonds is 1. The smallest absolute Gasteiger partial charge is 0.252 e. The van der Waals surface area contributed by atoms with Gasteiger partial charge in [-0.2, -0.15) is 0 Å². The van der Waals surface area contributed by atoms with E-state index in [0.717, 1.165) is 32.5 Å². The maximum Gasteiger partial charge on any atom is 0.252 e. The number of nitrogens with zero attached hydrogens (tertiary/aromatic N) is 2. The van der Waals surface area contributed by atoms with Gasteiger partial charge in [0, 0.05) is 30.9 Å². The largest absolute Gasteiger partial charge is 0.368 e. The lowest BCUT2D eigenvalue weighted by Crippen LogP contribution is -2.43. The summed E-state index contributed by atoms with van der Waals surface area (Å²) in [7, 11) is 0. The Hall–Kier alpha value is -1.81. The third-order valence-corrected chi connectivity index (χ3v) is 4.36. The van der Waals surface area contributed by atoms with Crippen molar-refractivity contribution in [1.82, 2.24) is 9.47 Å². The molecular formula is C16H18N2O2. The van der Waals surface area contributed by atoms with Gasteiger partial charge in [-0.15, -0.1) is 0 Å². The van der Waals surface area contributed by atoms with Crippen LogP contribution in [0, 0.1) is 0 Å². The van der Waals surface area contributed by atoms with Gasteiger partial charge < -0.3 is 14.2 Å². The molecule has 1 aromatic heterocycles. The standard InChI is InChI=1S/C16H18N2O2/c19-16(15-6-3-9-20-15)17-7-8-18-13(11-17)10-12-4-1-2-5-14(12)18/h1-2,4-5,10,15H,3,6-9,11H2. The summed E-state index contributed by atoms with van der Waals surface area (Å²) in [6, 6.07) is 10.6. The van der Waals surface area contributed by atoms with E-state index in [2.05, 4.69) is 34.9 Å². The van der Waals surface area contributed by atoms with Crippen LogP contribution in [0.3, 0.4) is 0 Å². The molecule has 0 saturated carbocycles. The van der Waals surface area contributed by atoms with Crippen molar-refractivity contribution >= 4 is 16.8 Å². The molecule has 2 aromatic rings. The van der Waals surface area contributed by atoms with Crippen molar-refractivity contribution in [3.63, 3.8) is 0 Å². The second kappa shape index (κ2) is 4.63. The Kier molecular flexibility index (Phi) is 2.77. The minimum Gasteiger partial charge on any atom is -0.368 e. The molecule has 1 saturated heterocycles. The number of para-hydroxylation sites is 1. The number of carbonyl (C=O) groups is 1. The van der Waals surface area contributed by atoms with Crippen molar-refractivity contribution in [2.45, 2.75) is 32.0 Å². The predicted molar refractivity (Wildman–Crippen MR) is 76.3 cm³/mol. The molecule has 104 valence electrons. The van der Waals surface area contributed by atoms with Crippen molar-refractivity contribution in [2.24, 2.45) is 0 Å². The van der Waals surface area contributed by atoms with Crippen LogP contribution in [0.25, 0.3) is 10.9 Å². The van der Waals surface area contributed by atoms with Gasteiger partial charge in [-0.05, 0) is 30.4 Å². The molecule has 1 fully saturated rings. The number of aromatic nitrogens is 1. The van der Waals surface area contributed by atoms with Gasteiger partial charge in [0.15, 0.2) is 0 Å². The van der Waals surface area contributed by atoms with E-state index >= 15 is 0 Å². The number of ether oxygens (including phenoxy) is 1. The molecule has 4 heteroatoms. The summed E-state index contributed by atoms with van der Waals surface area (Å²) in [4.78, 5) is 14.4. The van der Waals surface area contributed by atoms with E-state index in [1.165, 1.54) is 16.6 Å². The molecule has 1 unspecified atom stereocenters. The van der Waals surface area contributed by atoms with E-state index in [0.29, 0.717) is 6.54 Å². The van der Waals surface area contributed by atoms with Crippen LogP contribution in [0.2, 0.25) is 0 Å². The number of hydrogen-bond acceptors (Lipinski definition) is 2. The lowest BCUT2D eigenvalue weighted by Gasteiger charge is -2.30. The Morgan fingerprint density at radius 1 is 1.25 bits per heavy atom. The van der Waals surface area contributed by atoms with Gasteiger partial charge in [0.2, 0.25) is 0 Å². The number of fused-ring (bicyclic) bond motifs is 3. The van der Waals surface area contributed by atoms with Crippen LogP contribution in [-0.4, -0.2) is 34.6 Å². The fourth-order valence-electron chi connectivity index (χ4n) is 3.32. The summed E-state index contributed by atoms with van der Waals surface area (Å²) in [6.45, 7) is 3.09. The molecule has 4 rings (SSSR count). The Labute approximate surface area is 117 Å². The van der Waals surface area contributed by atoms with Crippen LogP contribution < -0.4 is 0 Å². The van der Waals surface area contributed by atoms with Crippen LogP contribution >= 0.6 is 0 Å². The molecule has 4 nitrogen and oxygen atoms in total. The van der Waals surface area contributed by atoms with Crippen LogP contribution in [0.4, 0.5) is 0 Å². The van der Waals surface area contributed by atoms with Gasteiger partial charge in [-0.1, -0.05) is 18.2 Å². The zero-order valence-corrected chi connectivity index (χ0v) is 11.4. The number of carbonyl (C=O) groups excluding carboxylic acids is 1. The van der Waals surface area contributed by atoms with Gasteiger partial charge in [0.05, 0.1) is 6.54 Å². The molecular weight excluding hydrogens is 252 g/mol. The summed E-state index contributed by atoms with van der Waals surface area (Å²) in [5.41, 5.74) is 2.50. The Morgan fingerprint density at radius 2 is 2.15 bits per heavy atom. The molecule has 0 aliphatic carbocycles. The maximum absolute atomic E-state index is 12.4. The topological polar surface area (TPSA) is 34.5 Å². The van der Waals surface area contributed by atoms with E-state index in [1.54, 1.807) is 0 Å². The second-order valence-electron chi connectivity index (χ2n) is 5.61. The Bertz CT molecular complexity index is 656. The summed E-state index contributed by atoms with van der Waals surface area (Å²) in [6.07, 6.45) is 1.67. The van der Waals surface area contributed by atoms with Gasteiger partial charge in [0.25, 0.3) is 5.91 Å². The first-order valence-electron chi connectivity index (χ1n) is 7.30. The summed E-state index contributed by atoms with van der Waals surface area (Å²) >= 11 is 0. The molecule has 3 heterocycles. The molecule has 1 atom stereocenters. The average Bonchev–Trinajstić information content (AvgIpc) is 3.13. The molecule has 1 aromatic carbocycles. The molecule has 1 amide bonds. The van der Waals surface area contributed by atoms with Crippen LogP contribution in [0.1, 0.15) is 18.5 Å². The van der Waals surface area contributed by atoms with Crippen molar-refractivity contribution in [3.8, 4) is 0 Å². The zero-order chi connectivity index (χ0) is 13.5. The van der Waals surface area contributed by atoms with Gasteiger partial charge in [-0.3, -0.25) is 4.79 Å². The van der Waals surface area contributed by atoms with Crippen molar-refractivity contribution in [1.29, 1.82) is 0 Å². The molecule has 2 aliphatic rings. The zero-order valence-electron chi connectivity index (χ0n) is 11.4. The fraction of sp³-hybridized carbons (Fsp3) is 0.438. The number of amides is 1. The van der Waals surface area contributed by atoms with E-state index in [-0.39, 0.29) is 12.0 Å².